The Morgan fingerprint density at radius 1 is 0.833 bits per heavy atom. The van der Waals surface area contributed by atoms with Gasteiger partial charge in [0.1, 0.15) is 6.04 Å². The number of unbranched alkanes of at least 4 members (excludes halogenated alkanes) is 8. The van der Waals surface area contributed by atoms with Crippen LogP contribution in [0.1, 0.15) is 84.0 Å². The number of methoxy groups -OCH3 is 1. The van der Waals surface area contributed by atoms with Crippen molar-refractivity contribution in [2.75, 3.05) is 7.11 Å². The molecule has 6 nitrogen and oxygen atoms in total. The SMILES string of the molecule is CCCCCCCCCCCC(=O)OC(=O)C(N)CCC(=O)OC. The molecule has 140 valence electrons. The lowest BCUT2D eigenvalue weighted by molar-refractivity contribution is -0.160. The maximum atomic E-state index is 11.6. The number of nitrogens with two attached hydrogens (primary N) is 1. The van der Waals surface area contributed by atoms with Crippen LogP contribution in [0.15, 0.2) is 0 Å². The van der Waals surface area contributed by atoms with Crippen LogP contribution in [0.25, 0.3) is 0 Å². The minimum atomic E-state index is -0.976. The fourth-order valence-electron chi connectivity index (χ4n) is 2.31. The van der Waals surface area contributed by atoms with E-state index < -0.39 is 23.9 Å². The second-order valence-electron chi connectivity index (χ2n) is 6.09. The Bertz CT molecular complexity index is 370. The van der Waals surface area contributed by atoms with E-state index in [9.17, 15) is 14.4 Å². The number of esters is 3. The van der Waals surface area contributed by atoms with Crippen molar-refractivity contribution in [2.24, 2.45) is 5.73 Å². The van der Waals surface area contributed by atoms with Crippen LogP contribution in [0.5, 0.6) is 0 Å². The molecule has 1 atom stereocenters. The summed E-state index contributed by atoms with van der Waals surface area (Å²) >= 11 is 0. The highest BCUT2D eigenvalue weighted by atomic mass is 16.6. The number of hydrogen-bond acceptors (Lipinski definition) is 6. The average Bonchev–Trinajstić information content (AvgIpc) is 2.57. The molecule has 0 amide bonds. The van der Waals surface area contributed by atoms with Crippen molar-refractivity contribution < 1.29 is 23.9 Å². The minimum absolute atomic E-state index is 0.0270. The molecule has 0 bridgehead atoms. The zero-order valence-electron chi connectivity index (χ0n) is 15.2. The molecule has 0 aromatic heterocycles. The number of rotatable bonds is 14. The summed E-state index contributed by atoms with van der Waals surface area (Å²) in [6.07, 6.45) is 10.7. The molecule has 2 N–H and O–H groups in total. The Morgan fingerprint density at radius 3 is 1.92 bits per heavy atom. The predicted molar refractivity (Wildman–Crippen MR) is 92.2 cm³/mol. The van der Waals surface area contributed by atoms with E-state index in [0.717, 1.165) is 19.3 Å². The molecule has 0 aliphatic rings. The molecular weight excluding hydrogens is 310 g/mol. The molecule has 0 aliphatic carbocycles. The van der Waals surface area contributed by atoms with Crippen molar-refractivity contribution in [3.8, 4) is 0 Å². The van der Waals surface area contributed by atoms with Crippen molar-refractivity contribution in [3.63, 3.8) is 0 Å². The van der Waals surface area contributed by atoms with Crippen LogP contribution in [0, 0.1) is 0 Å². The van der Waals surface area contributed by atoms with E-state index in [2.05, 4.69) is 11.7 Å². The third-order valence-electron chi connectivity index (χ3n) is 3.89. The molecule has 0 spiro atoms. The summed E-state index contributed by atoms with van der Waals surface area (Å²) < 4.78 is 9.16. The first-order valence-electron chi connectivity index (χ1n) is 9.08. The standard InChI is InChI=1S/C18H33NO5/c1-3-4-5-6-7-8-9-10-11-12-17(21)24-18(22)15(19)13-14-16(20)23-2/h15H,3-14,19H2,1-2H3. The Kier molecular flexibility index (Phi) is 14.2. The summed E-state index contributed by atoms with van der Waals surface area (Å²) in [4.78, 5) is 34.1. The number of carbonyl (C=O) groups excluding carboxylic acids is 3. The molecule has 0 heterocycles. The van der Waals surface area contributed by atoms with E-state index in [1.54, 1.807) is 0 Å². The highest BCUT2D eigenvalue weighted by Crippen LogP contribution is 2.11. The van der Waals surface area contributed by atoms with Gasteiger partial charge in [-0.15, -0.1) is 0 Å². The van der Waals surface area contributed by atoms with Crippen molar-refractivity contribution in [3.05, 3.63) is 0 Å². The number of carbonyl (C=O) groups is 3. The van der Waals surface area contributed by atoms with Crippen molar-refractivity contribution in [1.82, 2.24) is 0 Å². The first kappa shape index (κ1) is 22.6. The first-order valence-corrected chi connectivity index (χ1v) is 9.08. The Hall–Kier alpha value is -1.43. The fourth-order valence-corrected chi connectivity index (χ4v) is 2.31. The fraction of sp³-hybridized carbons (Fsp3) is 0.833. The molecule has 0 aromatic carbocycles. The Balaban J connectivity index is 3.60. The summed E-state index contributed by atoms with van der Waals surface area (Å²) in [5.74, 6) is -1.77. The third kappa shape index (κ3) is 13.0. The molecule has 0 saturated heterocycles. The Labute approximate surface area is 145 Å². The second kappa shape index (κ2) is 15.1. The monoisotopic (exact) mass is 343 g/mol. The topological polar surface area (TPSA) is 95.7 Å². The first-order chi connectivity index (χ1) is 11.5. The number of hydrogen-bond donors (Lipinski definition) is 1. The van der Waals surface area contributed by atoms with Crippen LogP contribution in [-0.4, -0.2) is 31.1 Å². The lowest BCUT2D eigenvalue weighted by Gasteiger charge is -2.09. The van der Waals surface area contributed by atoms with E-state index >= 15 is 0 Å². The van der Waals surface area contributed by atoms with Gasteiger partial charge in [0, 0.05) is 12.8 Å². The van der Waals surface area contributed by atoms with Crippen LogP contribution in [0.3, 0.4) is 0 Å². The van der Waals surface area contributed by atoms with E-state index in [4.69, 9.17) is 10.5 Å². The van der Waals surface area contributed by atoms with Crippen molar-refractivity contribution in [1.29, 1.82) is 0 Å². The molecule has 0 radical (unpaired) electrons. The highest BCUT2D eigenvalue weighted by Gasteiger charge is 2.19. The maximum absolute atomic E-state index is 11.6. The van der Waals surface area contributed by atoms with Crippen LogP contribution in [0.4, 0.5) is 0 Å². The molecule has 1 unspecified atom stereocenters. The summed E-state index contributed by atoms with van der Waals surface area (Å²) in [6, 6.07) is -0.976. The molecule has 0 aromatic rings. The van der Waals surface area contributed by atoms with Crippen molar-refractivity contribution >= 4 is 17.9 Å². The number of ether oxygens (including phenoxy) is 2. The van der Waals surface area contributed by atoms with Crippen LogP contribution in [0.2, 0.25) is 0 Å². The van der Waals surface area contributed by atoms with Gasteiger partial charge in [-0.2, -0.15) is 0 Å². The Morgan fingerprint density at radius 2 is 1.38 bits per heavy atom. The van der Waals surface area contributed by atoms with Gasteiger partial charge in [-0.3, -0.25) is 9.59 Å². The highest BCUT2D eigenvalue weighted by molar-refractivity contribution is 5.88. The zero-order chi connectivity index (χ0) is 18.2. The third-order valence-corrected chi connectivity index (χ3v) is 3.89. The van der Waals surface area contributed by atoms with Gasteiger partial charge in [0.2, 0.25) is 0 Å². The maximum Gasteiger partial charge on any atom is 0.330 e. The lowest BCUT2D eigenvalue weighted by atomic mass is 10.1. The van der Waals surface area contributed by atoms with Crippen LogP contribution in [-0.2, 0) is 23.9 Å². The van der Waals surface area contributed by atoms with Gasteiger partial charge >= 0.3 is 17.9 Å². The molecule has 6 heteroatoms. The minimum Gasteiger partial charge on any atom is -0.469 e. The zero-order valence-corrected chi connectivity index (χ0v) is 15.2. The molecule has 0 aliphatic heterocycles. The van der Waals surface area contributed by atoms with Gasteiger partial charge in [-0.1, -0.05) is 58.3 Å². The summed E-state index contributed by atoms with van der Waals surface area (Å²) in [6.45, 7) is 2.20. The second-order valence-corrected chi connectivity index (χ2v) is 6.09. The average molecular weight is 343 g/mol. The quantitative estimate of drug-likeness (QED) is 0.295. The van der Waals surface area contributed by atoms with Gasteiger partial charge in [0.25, 0.3) is 0 Å². The summed E-state index contributed by atoms with van der Waals surface area (Å²) in [5.41, 5.74) is 5.58. The van der Waals surface area contributed by atoms with E-state index in [1.165, 1.54) is 45.6 Å². The lowest BCUT2D eigenvalue weighted by Crippen LogP contribution is -2.34. The van der Waals surface area contributed by atoms with Gasteiger partial charge in [-0.25, -0.2) is 4.79 Å². The largest absolute Gasteiger partial charge is 0.469 e. The van der Waals surface area contributed by atoms with E-state index in [0.29, 0.717) is 0 Å². The van der Waals surface area contributed by atoms with E-state index in [1.807, 2.05) is 0 Å². The summed E-state index contributed by atoms with van der Waals surface area (Å²) in [7, 11) is 1.26. The van der Waals surface area contributed by atoms with Gasteiger partial charge in [0.15, 0.2) is 0 Å². The van der Waals surface area contributed by atoms with Gasteiger partial charge in [-0.05, 0) is 12.8 Å². The smallest absolute Gasteiger partial charge is 0.330 e. The molecule has 24 heavy (non-hydrogen) atoms. The summed E-state index contributed by atoms with van der Waals surface area (Å²) in [5, 5.41) is 0. The molecule has 0 fully saturated rings. The van der Waals surface area contributed by atoms with Gasteiger partial charge in [0.05, 0.1) is 7.11 Å². The predicted octanol–water partition coefficient (Wildman–Crippen LogP) is 3.26. The van der Waals surface area contributed by atoms with Crippen LogP contribution < -0.4 is 5.73 Å². The normalized spacial score (nSPS) is 11.8. The van der Waals surface area contributed by atoms with Crippen LogP contribution >= 0.6 is 0 Å². The van der Waals surface area contributed by atoms with Gasteiger partial charge < -0.3 is 15.2 Å². The van der Waals surface area contributed by atoms with E-state index in [-0.39, 0.29) is 19.3 Å². The molecule has 0 saturated carbocycles. The van der Waals surface area contributed by atoms with Crippen molar-refractivity contribution in [2.45, 2.75) is 90.0 Å². The molecular formula is C18H33NO5. The molecule has 0 rings (SSSR count).